The van der Waals surface area contributed by atoms with Gasteiger partial charge in [-0.25, -0.2) is 9.78 Å². The van der Waals surface area contributed by atoms with Gasteiger partial charge in [-0.1, -0.05) is 17.3 Å². The van der Waals surface area contributed by atoms with E-state index < -0.39 is 5.97 Å². The molecule has 0 N–H and O–H groups in total. The summed E-state index contributed by atoms with van der Waals surface area (Å²) in [5.74, 6) is 1.15. The Kier molecular flexibility index (Phi) is 6.80. The topological polar surface area (TPSA) is 87.2 Å². The summed E-state index contributed by atoms with van der Waals surface area (Å²) in [5.41, 5.74) is 3.46. The average molecular weight is 482 g/mol. The molecule has 1 aromatic carbocycles. The van der Waals surface area contributed by atoms with Gasteiger partial charge in [-0.15, -0.1) is 23.1 Å². The molecule has 170 valence electrons. The molecule has 0 amide bonds. The molecule has 0 radical (unpaired) electrons. The maximum absolute atomic E-state index is 12.9. The minimum Gasteiger partial charge on any atom is -0.454 e. The molecular weight excluding hydrogens is 458 g/mol. The highest BCUT2D eigenvalue weighted by Gasteiger charge is 2.21. The third-order valence-electron chi connectivity index (χ3n) is 5.06. The van der Waals surface area contributed by atoms with E-state index in [1.807, 2.05) is 49.8 Å². The second-order valence-electron chi connectivity index (χ2n) is 7.56. The predicted molar refractivity (Wildman–Crippen MR) is 128 cm³/mol. The molecule has 0 atom stereocenters. The van der Waals surface area contributed by atoms with Gasteiger partial charge in [-0.3, -0.25) is 9.36 Å². The SMILES string of the molecule is Cc1cc(-n2c(C)cc(C(=O)COC(=O)c3ccccc3SCc3csc(C)n3)c2C)no1. The average Bonchev–Trinajstić information content (AvgIpc) is 3.49. The third-order valence-corrected chi connectivity index (χ3v) is 6.99. The van der Waals surface area contributed by atoms with Gasteiger partial charge in [-0.2, -0.15) is 0 Å². The second-order valence-corrected chi connectivity index (χ2v) is 9.64. The summed E-state index contributed by atoms with van der Waals surface area (Å²) in [6.07, 6.45) is 0. The molecule has 0 saturated carbocycles. The van der Waals surface area contributed by atoms with Crippen molar-refractivity contribution in [1.82, 2.24) is 14.7 Å². The number of ketones is 1. The molecule has 0 saturated heterocycles. The molecule has 0 spiro atoms. The number of carbonyl (C=O) groups excluding carboxylic acids is 2. The number of hydrogen-bond acceptors (Lipinski definition) is 8. The van der Waals surface area contributed by atoms with E-state index in [1.165, 1.54) is 11.8 Å². The summed E-state index contributed by atoms with van der Waals surface area (Å²) < 4.78 is 12.4. The Labute approximate surface area is 199 Å². The van der Waals surface area contributed by atoms with Crippen LogP contribution in [0.15, 0.2) is 51.2 Å². The Bertz CT molecular complexity index is 1320. The summed E-state index contributed by atoms with van der Waals surface area (Å²) in [6.45, 7) is 7.15. The van der Waals surface area contributed by atoms with Crippen LogP contribution in [-0.4, -0.2) is 33.1 Å². The first-order valence-electron chi connectivity index (χ1n) is 10.3. The normalized spacial score (nSPS) is 11.0. The van der Waals surface area contributed by atoms with Crippen LogP contribution in [-0.2, 0) is 10.5 Å². The zero-order valence-electron chi connectivity index (χ0n) is 18.7. The lowest BCUT2D eigenvalue weighted by Crippen LogP contribution is -2.15. The summed E-state index contributed by atoms with van der Waals surface area (Å²) >= 11 is 3.12. The van der Waals surface area contributed by atoms with Crippen LogP contribution in [0.3, 0.4) is 0 Å². The van der Waals surface area contributed by atoms with Crippen molar-refractivity contribution >= 4 is 34.9 Å². The fourth-order valence-corrected chi connectivity index (χ4v) is 5.18. The number of benzene rings is 1. The Morgan fingerprint density at radius 2 is 1.91 bits per heavy atom. The lowest BCUT2D eigenvalue weighted by Gasteiger charge is -2.09. The van der Waals surface area contributed by atoms with E-state index in [-0.39, 0.29) is 12.4 Å². The van der Waals surface area contributed by atoms with Crippen LogP contribution in [0.4, 0.5) is 0 Å². The van der Waals surface area contributed by atoms with Crippen LogP contribution >= 0.6 is 23.1 Å². The number of Topliss-reactive ketones (excluding diaryl/α,β-unsaturated/α-hetero) is 1. The summed E-state index contributed by atoms with van der Waals surface area (Å²) in [5, 5.41) is 7.05. The number of nitrogens with zero attached hydrogens (tertiary/aromatic N) is 3. The molecule has 0 aliphatic heterocycles. The number of thioether (sulfide) groups is 1. The largest absolute Gasteiger partial charge is 0.454 e. The van der Waals surface area contributed by atoms with Crippen molar-refractivity contribution in [2.24, 2.45) is 0 Å². The van der Waals surface area contributed by atoms with Crippen molar-refractivity contribution in [3.8, 4) is 5.82 Å². The molecule has 4 rings (SSSR count). The van der Waals surface area contributed by atoms with Gasteiger partial charge in [0.25, 0.3) is 0 Å². The number of hydrogen-bond donors (Lipinski definition) is 0. The highest BCUT2D eigenvalue weighted by atomic mass is 32.2. The number of ether oxygens (including phenoxy) is 1. The van der Waals surface area contributed by atoms with E-state index in [0.29, 0.717) is 28.5 Å². The standard InChI is InChI=1S/C24H23N3O4S2/c1-14-9-20(16(3)27(14)23-10-15(2)31-26-23)21(28)11-30-24(29)19-7-5-6-8-22(19)33-13-18-12-32-17(4)25-18/h5-10,12H,11,13H2,1-4H3. The maximum atomic E-state index is 12.9. The Morgan fingerprint density at radius 1 is 1.12 bits per heavy atom. The van der Waals surface area contributed by atoms with Gasteiger partial charge in [-0.05, 0) is 45.9 Å². The zero-order chi connectivity index (χ0) is 23.5. The predicted octanol–water partition coefficient (Wildman–Crippen LogP) is 5.49. The van der Waals surface area contributed by atoms with E-state index in [2.05, 4.69) is 10.1 Å². The summed E-state index contributed by atoms with van der Waals surface area (Å²) in [6, 6.07) is 10.8. The summed E-state index contributed by atoms with van der Waals surface area (Å²) in [4.78, 5) is 30.9. The fourth-order valence-electron chi connectivity index (χ4n) is 3.53. The first-order chi connectivity index (χ1) is 15.8. The van der Waals surface area contributed by atoms with E-state index in [9.17, 15) is 9.59 Å². The van der Waals surface area contributed by atoms with Gasteiger partial charge < -0.3 is 9.26 Å². The second kappa shape index (κ2) is 9.76. The highest BCUT2D eigenvalue weighted by Crippen LogP contribution is 2.27. The van der Waals surface area contributed by atoms with Crippen LogP contribution in [0.5, 0.6) is 0 Å². The molecule has 0 fully saturated rings. The first-order valence-corrected chi connectivity index (χ1v) is 12.2. The molecule has 7 nitrogen and oxygen atoms in total. The highest BCUT2D eigenvalue weighted by molar-refractivity contribution is 7.98. The van der Waals surface area contributed by atoms with Crippen molar-refractivity contribution in [1.29, 1.82) is 0 Å². The number of thiazole rings is 1. The number of aromatic nitrogens is 3. The Balaban J connectivity index is 1.44. The molecule has 0 aliphatic carbocycles. The van der Waals surface area contributed by atoms with Crippen molar-refractivity contribution in [3.63, 3.8) is 0 Å². The first kappa shape index (κ1) is 23.0. The van der Waals surface area contributed by atoms with E-state index in [4.69, 9.17) is 9.26 Å². The molecule has 0 bridgehead atoms. The molecule has 33 heavy (non-hydrogen) atoms. The van der Waals surface area contributed by atoms with E-state index in [1.54, 1.807) is 35.6 Å². The molecular formula is C24H23N3O4S2. The summed E-state index contributed by atoms with van der Waals surface area (Å²) in [7, 11) is 0. The van der Waals surface area contributed by atoms with Gasteiger partial charge in [0.2, 0.25) is 5.78 Å². The van der Waals surface area contributed by atoms with Crippen molar-refractivity contribution in [2.45, 2.75) is 38.3 Å². The fraction of sp³-hybridized carbons (Fsp3) is 0.250. The van der Waals surface area contributed by atoms with Gasteiger partial charge in [0.1, 0.15) is 5.76 Å². The van der Waals surface area contributed by atoms with Gasteiger partial charge >= 0.3 is 5.97 Å². The van der Waals surface area contributed by atoms with Gasteiger partial charge in [0.05, 0.1) is 16.3 Å². The van der Waals surface area contributed by atoms with Gasteiger partial charge in [0.15, 0.2) is 12.4 Å². The van der Waals surface area contributed by atoms with Crippen molar-refractivity contribution in [3.05, 3.63) is 80.8 Å². The van der Waals surface area contributed by atoms with Crippen LogP contribution < -0.4 is 0 Å². The molecule has 3 heterocycles. The van der Waals surface area contributed by atoms with Crippen molar-refractivity contribution in [2.75, 3.05) is 6.61 Å². The lowest BCUT2D eigenvalue weighted by atomic mass is 10.1. The monoisotopic (exact) mass is 481 g/mol. The number of esters is 1. The van der Waals surface area contributed by atoms with E-state index in [0.717, 1.165) is 27.0 Å². The van der Waals surface area contributed by atoms with Crippen LogP contribution in [0.2, 0.25) is 0 Å². The minimum atomic E-state index is -0.526. The Morgan fingerprint density at radius 3 is 2.61 bits per heavy atom. The minimum absolute atomic E-state index is 0.272. The number of carbonyl (C=O) groups is 2. The molecule has 9 heteroatoms. The van der Waals surface area contributed by atoms with Crippen molar-refractivity contribution < 1.29 is 18.8 Å². The molecule has 3 aromatic heterocycles. The number of rotatable bonds is 8. The van der Waals surface area contributed by atoms with Crippen LogP contribution in [0.25, 0.3) is 5.82 Å². The smallest absolute Gasteiger partial charge is 0.339 e. The maximum Gasteiger partial charge on any atom is 0.339 e. The molecule has 0 aliphatic rings. The number of aryl methyl sites for hydroxylation is 3. The third kappa shape index (κ3) is 5.09. The lowest BCUT2D eigenvalue weighted by molar-refractivity contribution is 0.0471. The zero-order valence-corrected chi connectivity index (χ0v) is 20.4. The van der Waals surface area contributed by atoms with E-state index >= 15 is 0 Å². The molecule has 0 unspecified atom stereocenters. The molecule has 4 aromatic rings. The van der Waals surface area contributed by atoms with Crippen LogP contribution in [0, 0.1) is 27.7 Å². The van der Waals surface area contributed by atoms with Gasteiger partial charge in [0, 0.05) is 39.0 Å². The van der Waals surface area contributed by atoms with Crippen LogP contribution in [0.1, 0.15) is 48.6 Å². The Hall–Kier alpha value is -3.17. The quantitative estimate of drug-likeness (QED) is 0.187.